The van der Waals surface area contributed by atoms with Crippen molar-refractivity contribution in [1.29, 1.82) is 0 Å². The van der Waals surface area contributed by atoms with Gasteiger partial charge in [-0.05, 0) is 29.7 Å². The molecule has 0 saturated heterocycles. The number of aromatic hydroxyl groups is 1. The second kappa shape index (κ2) is 10.5. The average Bonchev–Trinajstić information content (AvgIpc) is 2.74. The molecule has 0 saturated carbocycles. The summed E-state index contributed by atoms with van der Waals surface area (Å²) in [4.78, 5) is 8.28. The van der Waals surface area contributed by atoms with Gasteiger partial charge in [0.1, 0.15) is 5.75 Å². The van der Waals surface area contributed by atoms with Crippen LogP contribution in [0.15, 0.2) is 60.9 Å². The highest BCUT2D eigenvalue weighted by Gasteiger charge is 2.03. The normalized spacial score (nSPS) is 10.8. The number of nitrogens with zero attached hydrogens (tertiary/aromatic N) is 2. The molecule has 0 aliphatic heterocycles. The summed E-state index contributed by atoms with van der Waals surface area (Å²) < 4.78 is 5.85. The van der Waals surface area contributed by atoms with E-state index >= 15 is 0 Å². The van der Waals surface area contributed by atoms with Crippen molar-refractivity contribution < 1.29 is 9.84 Å². The molecule has 4 nitrogen and oxygen atoms in total. The van der Waals surface area contributed by atoms with Crippen LogP contribution >= 0.6 is 0 Å². The lowest BCUT2D eigenvalue weighted by Gasteiger charge is -2.08. The van der Waals surface area contributed by atoms with Crippen molar-refractivity contribution in [3.8, 4) is 34.0 Å². The second-order valence-corrected chi connectivity index (χ2v) is 6.98. The van der Waals surface area contributed by atoms with Gasteiger partial charge < -0.3 is 9.84 Å². The molecule has 1 heterocycles. The van der Waals surface area contributed by atoms with Gasteiger partial charge in [0.05, 0.1) is 19.0 Å². The van der Waals surface area contributed by atoms with Crippen LogP contribution in [0.3, 0.4) is 0 Å². The van der Waals surface area contributed by atoms with Crippen molar-refractivity contribution in [1.82, 2.24) is 9.97 Å². The lowest BCUT2D eigenvalue weighted by Crippen LogP contribution is -1.97. The summed E-state index contributed by atoms with van der Waals surface area (Å²) in [6, 6.07) is 16.3. The molecule has 0 aliphatic rings. The Kier molecular flexibility index (Phi) is 7.42. The van der Waals surface area contributed by atoms with Gasteiger partial charge in [0.25, 0.3) is 0 Å². The van der Waals surface area contributed by atoms with Gasteiger partial charge in [-0.3, -0.25) is 0 Å². The molecule has 1 N–H and O–H groups in total. The number of hydrogen-bond donors (Lipinski definition) is 1. The van der Waals surface area contributed by atoms with E-state index in [2.05, 4.69) is 41.2 Å². The first-order valence-corrected chi connectivity index (χ1v) is 10.1. The SMILES string of the molecule is CCCCCCCCOc1ccc(-c2ccc(-c3ncc(O)cn3)cc2)cc1. The molecule has 2 aromatic carbocycles. The maximum Gasteiger partial charge on any atom is 0.159 e. The summed E-state index contributed by atoms with van der Waals surface area (Å²) in [6.07, 6.45) is 10.4. The van der Waals surface area contributed by atoms with Crippen LogP contribution in [0.5, 0.6) is 11.5 Å². The van der Waals surface area contributed by atoms with Crippen molar-refractivity contribution in [3.05, 3.63) is 60.9 Å². The fraction of sp³-hybridized carbons (Fsp3) is 0.333. The van der Waals surface area contributed by atoms with Crippen LogP contribution in [-0.4, -0.2) is 21.7 Å². The Balaban J connectivity index is 1.51. The Morgan fingerprint density at radius 1 is 0.714 bits per heavy atom. The summed E-state index contributed by atoms with van der Waals surface area (Å²) in [7, 11) is 0. The lowest BCUT2D eigenvalue weighted by atomic mass is 10.0. The van der Waals surface area contributed by atoms with E-state index < -0.39 is 0 Å². The van der Waals surface area contributed by atoms with Crippen molar-refractivity contribution in [3.63, 3.8) is 0 Å². The maximum atomic E-state index is 9.30. The lowest BCUT2D eigenvalue weighted by molar-refractivity contribution is 0.304. The molecule has 3 aromatic rings. The van der Waals surface area contributed by atoms with Crippen molar-refractivity contribution in [2.45, 2.75) is 45.4 Å². The molecule has 0 aliphatic carbocycles. The molecule has 0 unspecified atom stereocenters. The van der Waals surface area contributed by atoms with Gasteiger partial charge in [0.2, 0.25) is 0 Å². The zero-order valence-corrected chi connectivity index (χ0v) is 16.5. The van der Waals surface area contributed by atoms with Crippen molar-refractivity contribution in [2.24, 2.45) is 0 Å². The zero-order valence-electron chi connectivity index (χ0n) is 16.5. The van der Waals surface area contributed by atoms with Crippen LogP contribution in [0, 0.1) is 0 Å². The zero-order chi connectivity index (χ0) is 19.6. The van der Waals surface area contributed by atoms with Crippen LogP contribution in [0.1, 0.15) is 45.4 Å². The first-order valence-electron chi connectivity index (χ1n) is 10.1. The van der Waals surface area contributed by atoms with Crippen LogP contribution in [-0.2, 0) is 0 Å². The Hall–Kier alpha value is -2.88. The number of benzene rings is 2. The molecule has 28 heavy (non-hydrogen) atoms. The minimum Gasteiger partial charge on any atom is -0.505 e. The maximum absolute atomic E-state index is 9.30. The van der Waals surface area contributed by atoms with Gasteiger partial charge in [-0.15, -0.1) is 0 Å². The van der Waals surface area contributed by atoms with Gasteiger partial charge in [-0.2, -0.15) is 0 Å². The van der Waals surface area contributed by atoms with Gasteiger partial charge in [0, 0.05) is 5.56 Å². The van der Waals surface area contributed by atoms with E-state index in [1.54, 1.807) is 0 Å². The van der Waals surface area contributed by atoms with E-state index in [-0.39, 0.29) is 5.75 Å². The Morgan fingerprint density at radius 3 is 1.89 bits per heavy atom. The first-order chi connectivity index (χ1) is 13.8. The predicted octanol–water partition coefficient (Wildman–Crippen LogP) is 6.26. The summed E-state index contributed by atoms with van der Waals surface area (Å²) in [6.45, 7) is 3.03. The highest BCUT2D eigenvalue weighted by molar-refractivity contribution is 5.68. The Morgan fingerprint density at radius 2 is 1.25 bits per heavy atom. The van der Waals surface area contributed by atoms with E-state index in [0.29, 0.717) is 5.82 Å². The van der Waals surface area contributed by atoms with Crippen molar-refractivity contribution in [2.75, 3.05) is 6.61 Å². The minimum absolute atomic E-state index is 0.0687. The highest BCUT2D eigenvalue weighted by atomic mass is 16.5. The molecule has 0 radical (unpaired) electrons. The average molecular weight is 377 g/mol. The number of ether oxygens (including phenoxy) is 1. The molecular formula is C24H28N2O2. The Bertz CT molecular complexity index is 828. The fourth-order valence-electron chi connectivity index (χ4n) is 3.10. The van der Waals surface area contributed by atoms with E-state index in [1.165, 1.54) is 44.5 Å². The standard InChI is InChI=1S/C24H28N2O2/c1-2-3-4-5-6-7-16-28-23-14-12-20(13-15-23)19-8-10-21(11-9-19)24-25-17-22(27)18-26-24/h8-15,17-18,27H,2-7,16H2,1H3. The van der Waals surface area contributed by atoms with E-state index in [0.717, 1.165) is 35.5 Å². The summed E-state index contributed by atoms with van der Waals surface area (Å²) in [5, 5.41) is 9.30. The molecule has 0 fully saturated rings. The van der Waals surface area contributed by atoms with Crippen LogP contribution < -0.4 is 4.74 Å². The number of rotatable bonds is 10. The third kappa shape index (κ3) is 5.81. The Labute approximate surface area is 167 Å². The van der Waals surface area contributed by atoms with Crippen LogP contribution in [0.2, 0.25) is 0 Å². The highest BCUT2D eigenvalue weighted by Crippen LogP contribution is 2.25. The molecule has 1 aromatic heterocycles. The van der Waals surface area contributed by atoms with E-state index in [4.69, 9.17) is 4.74 Å². The molecular weight excluding hydrogens is 348 g/mol. The largest absolute Gasteiger partial charge is 0.505 e. The minimum atomic E-state index is 0.0687. The molecule has 0 bridgehead atoms. The van der Waals surface area contributed by atoms with Gasteiger partial charge in [-0.1, -0.05) is 75.4 Å². The van der Waals surface area contributed by atoms with Gasteiger partial charge in [-0.25, -0.2) is 9.97 Å². The third-order valence-electron chi connectivity index (χ3n) is 4.74. The predicted molar refractivity (Wildman–Crippen MR) is 113 cm³/mol. The summed E-state index contributed by atoms with van der Waals surface area (Å²) in [5.41, 5.74) is 3.19. The van der Waals surface area contributed by atoms with Gasteiger partial charge in [0.15, 0.2) is 11.6 Å². The number of unbranched alkanes of at least 4 members (excludes halogenated alkanes) is 5. The molecule has 0 spiro atoms. The van der Waals surface area contributed by atoms with E-state index in [9.17, 15) is 5.11 Å². The molecule has 146 valence electrons. The van der Waals surface area contributed by atoms with Crippen LogP contribution in [0.4, 0.5) is 0 Å². The smallest absolute Gasteiger partial charge is 0.159 e. The fourth-order valence-corrected chi connectivity index (χ4v) is 3.10. The molecule has 3 rings (SSSR count). The number of aromatic nitrogens is 2. The quantitative estimate of drug-likeness (QED) is 0.425. The second-order valence-electron chi connectivity index (χ2n) is 6.98. The molecule has 4 heteroatoms. The van der Waals surface area contributed by atoms with E-state index in [1.807, 2.05) is 24.3 Å². The van der Waals surface area contributed by atoms with Gasteiger partial charge >= 0.3 is 0 Å². The first kappa shape index (κ1) is 19.9. The topological polar surface area (TPSA) is 55.2 Å². The molecule has 0 atom stereocenters. The summed E-state index contributed by atoms with van der Waals surface area (Å²) >= 11 is 0. The van der Waals surface area contributed by atoms with Crippen molar-refractivity contribution >= 4 is 0 Å². The monoisotopic (exact) mass is 376 g/mol. The van der Waals surface area contributed by atoms with Crippen LogP contribution in [0.25, 0.3) is 22.5 Å². The third-order valence-corrected chi connectivity index (χ3v) is 4.74. The number of hydrogen-bond acceptors (Lipinski definition) is 4. The summed E-state index contributed by atoms with van der Waals surface area (Å²) in [5.74, 6) is 1.59. The molecule has 0 amide bonds.